The number of Topliss-reactive ketones (excluding diaryl/α,β-unsaturated/α-hetero) is 1. The van der Waals surface area contributed by atoms with E-state index < -0.39 is 114 Å². The molecule has 55 heavy (non-hydrogen) atoms. The first-order valence-corrected chi connectivity index (χ1v) is 19.9. The zero-order valence-corrected chi connectivity index (χ0v) is 35.5. The van der Waals surface area contributed by atoms with Gasteiger partial charge in [-0.25, -0.2) is 0 Å². The van der Waals surface area contributed by atoms with Crippen LogP contribution >= 0.6 is 0 Å². The molecule has 3 fully saturated rings. The van der Waals surface area contributed by atoms with Gasteiger partial charge in [0.2, 0.25) is 0 Å². The third-order valence-corrected chi connectivity index (χ3v) is 12.4. The summed E-state index contributed by atoms with van der Waals surface area (Å²) >= 11 is 0. The summed E-state index contributed by atoms with van der Waals surface area (Å²) in [4.78, 5) is 42.9. The lowest BCUT2D eigenvalue weighted by Gasteiger charge is -2.49. The molecule has 3 rings (SSSR count). The van der Waals surface area contributed by atoms with Gasteiger partial charge in [0.25, 0.3) is 0 Å². The minimum absolute atomic E-state index is 0.0760. The number of rotatable bonds is 9. The number of carbonyl (C=O) groups excluding carboxylic acids is 3. The Labute approximate surface area is 327 Å². The van der Waals surface area contributed by atoms with Crippen LogP contribution in [0.2, 0.25) is 0 Å². The van der Waals surface area contributed by atoms with Crippen LogP contribution in [0.1, 0.15) is 108 Å². The maximum atomic E-state index is 14.2. The van der Waals surface area contributed by atoms with Crippen molar-refractivity contribution in [2.24, 2.45) is 23.7 Å². The average Bonchev–Trinajstić information content (AvgIpc) is 3.11. The molecule has 3 aliphatic rings. The largest absolute Gasteiger partial charge is 0.459 e. The Hall–Kier alpha value is -1.79. The molecule has 0 spiro atoms. The summed E-state index contributed by atoms with van der Waals surface area (Å²) in [5, 5.41) is 46.6. The summed E-state index contributed by atoms with van der Waals surface area (Å²) in [5.41, 5.74) is -4.92. The lowest BCUT2D eigenvalue weighted by molar-refractivity contribution is -0.319. The predicted molar refractivity (Wildman–Crippen MR) is 200 cm³/mol. The number of ether oxygens (including phenoxy) is 7. The molecule has 15 heteroatoms. The van der Waals surface area contributed by atoms with Crippen molar-refractivity contribution in [2.75, 3.05) is 21.2 Å². The Morgan fingerprint density at radius 2 is 1.51 bits per heavy atom. The van der Waals surface area contributed by atoms with Gasteiger partial charge in [-0.3, -0.25) is 14.4 Å². The van der Waals surface area contributed by atoms with E-state index in [9.17, 15) is 34.8 Å². The smallest absolute Gasteiger partial charge is 0.311 e. The molecule has 0 aromatic heterocycles. The van der Waals surface area contributed by atoms with Crippen LogP contribution < -0.4 is 0 Å². The first kappa shape index (κ1) is 47.6. The topological polar surface area (TPSA) is 200 Å². The molecule has 0 radical (unpaired) electrons. The van der Waals surface area contributed by atoms with Gasteiger partial charge in [0.1, 0.15) is 23.6 Å². The van der Waals surface area contributed by atoms with E-state index in [1.165, 1.54) is 27.9 Å². The van der Waals surface area contributed by atoms with Crippen LogP contribution in [0.3, 0.4) is 0 Å². The van der Waals surface area contributed by atoms with Gasteiger partial charge < -0.3 is 58.5 Å². The molecule has 0 aromatic carbocycles. The van der Waals surface area contributed by atoms with Crippen molar-refractivity contribution in [3.8, 4) is 0 Å². The van der Waals surface area contributed by atoms with Gasteiger partial charge in [-0.2, -0.15) is 0 Å². The molecule has 4 N–H and O–H groups in total. The Balaban J connectivity index is 2.24. The Bertz CT molecular complexity index is 1290. The molecule has 0 bridgehead atoms. The summed E-state index contributed by atoms with van der Waals surface area (Å²) in [6.07, 6.45) is -9.68. The number of aliphatic hydroxyl groups excluding tert-OH is 2. The third kappa shape index (κ3) is 10.6. The van der Waals surface area contributed by atoms with Gasteiger partial charge in [-0.15, -0.1) is 0 Å². The van der Waals surface area contributed by atoms with Crippen LogP contribution in [0, 0.1) is 23.7 Å². The number of likely N-dealkylation sites (N-methyl/N-ethyl adjacent to an activating group) is 1. The van der Waals surface area contributed by atoms with E-state index in [0.717, 1.165) is 0 Å². The zero-order valence-electron chi connectivity index (χ0n) is 35.5. The fourth-order valence-electron chi connectivity index (χ4n) is 8.76. The SMILES string of the molecule is CCC(=O)O[C@@H]1[C@@H](O[C@H]2[C@H](C)C(O[C@@H]3C[C@](C)(OC)[C@H](O)[C@@H](C)O3)[C@H](C)C(=O)OC(CC)[C@](C)(O)[C@@H](O)[C@H](C)C(=O)[C@@H](C)C[C@]2(C)O)O[C@@H](C)C[C@H]1N(C)C. The summed E-state index contributed by atoms with van der Waals surface area (Å²) in [7, 11) is 5.21. The van der Waals surface area contributed by atoms with Crippen LogP contribution in [0.25, 0.3) is 0 Å². The van der Waals surface area contributed by atoms with Crippen LogP contribution in [-0.4, -0.2) is 149 Å². The second-order valence-corrected chi connectivity index (χ2v) is 17.3. The number of aliphatic hydroxyl groups is 4. The Kier molecular flexibility index (Phi) is 16.3. The van der Waals surface area contributed by atoms with Crippen molar-refractivity contribution < 1.29 is 68.0 Å². The van der Waals surface area contributed by atoms with Gasteiger partial charge in [0.15, 0.2) is 18.7 Å². The number of carbonyl (C=O) groups is 3. The molecule has 0 aliphatic carbocycles. The third-order valence-electron chi connectivity index (χ3n) is 12.4. The van der Waals surface area contributed by atoms with Crippen molar-refractivity contribution in [1.82, 2.24) is 4.90 Å². The van der Waals surface area contributed by atoms with E-state index in [1.54, 1.807) is 48.5 Å². The van der Waals surface area contributed by atoms with Crippen LogP contribution in [-0.2, 0) is 47.5 Å². The molecule has 2 unspecified atom stereocenters. The van der Waals surface area contributed by atoms with Gasteiger partial charge >= 0.3 is 11.9 Å². The standard InChI is InChI=1S/C40H71NO14/c1-15-27-40(11,48)33(44)22(5)30(43)20(3)18-38(9,47)35(55-37-32(53-28(42)16-2)26(41(12)13)17-21(4)50-37)23(6)31(24(7)36(46)52-27)54-29-19-39(10,49-14)34(45)25(8)51-29/h20-27,29,31-35,37,44-45,47-48H,15-19H2,1-14H3/t20-,21-,22+,23+,24-,25+,26+,27?,29+,31?,32-,33-,34+,35-,37+,38-,39-,40-/m0/s1. The van der Waals surface area contributed by atoms with Gasteiger partial charge in [0.05, 0.1) is 53.7 Å². The minimum atomic E-state index is -2.01. The number of methoxy groups -OCH3 is 1. The van der Waals surface area contributed by atoms with Crippen LogP contribution in [0.5, 0.6) is 0 Å². The first-order valence-electron chi connectivity index (χ1n) is 19.9. The maximum Gasteiger partial charge on any atom is 0.311 e. The van der Waals surface area contributed by atoms with Crippen LogP contribution in [0.15, 0.2) is 0 Å². The number of hydrogen-bond donors (Lipinski definition) is 4. The number of esters is 2. The zero-order chi connectivity index (χ0) is 42.0. The first-order chi connectivity index (χ1) is 25.4. The second-order valence-electron chi connectivity index (χ2n) is 17.3. The average molecular weight is 790 g/mol. The van der Waals surface area contributed by atoms with Crippen molar-refractivity contribution in [3.05, 3.63) is 0 Å². The molecule has 3 heterocycles. The highest BCUT2D eigenvalue weighted by molar-refractivity contribution is 5.83. The van der Waals surface area contributed by atoms with Gasteiger partial charge in [0, 0.05) is 37.7 Å². The van der Waals surface area contributed by atoms with Crippen molar-refractivity contribution >= 4 is 17.7 Å². The Morgan fingerprint density at radius 1 is 0.891 bits per heavy atom. The predicted octanol–water partition coefficient (Wildman–Crippen LogP) is 2.75. The van der Waals surface area contributed by atoms with Crippen molar-refractivity contribution in [1.29, 1.82) is 0 Å². The van der Waals surface area contributed by atoms with Gasteiger partial charge in [-0.05, 0) is 74.9 Å². The molecule has 0 aromatic rings. The lowest BCUT2D eigenvalue weighted by Crippen LogP contribution is -2.61. The number of ketones is 1. The lowest BCUT2D eigenvalue weighted by atomic mass is 9.74. The maximum absolute atomic E-state index is 14.2. The number of hydrogen-bond acceptors (Lipinski definition) is 15. The van der Waals surface area contributed by atoms with Crippen molar-refractivity contribution in [2.45, 2.75) is 193 Å². The fraction of sp³-hybridized carbons (Fsp3) is 0.925. The molecular weight excluding hydrogens is 718 g/mol. The highest BCUT2D eigenvalue weighted by Crippen LogP contribution is 2.41. The molecule has 15 nitrogen and oxygen atoms in total. The summed E-state index contributed by atoms with van der Waals surface area (Å²) in [6, 6.07) is -0.319. The summed E-state index contributed by atoms with van der Waals surface area (Å²) in [6.45, 7) is 18.0. The minimum Gasteiger partial charge on any atom is -0.459 e. The molecular formula is C40H71NO14. The van der Waals surface area contributed by atoms with E-state index in [2.05, 4.69) is 0 Å². The number of nitrogens with zero attached hydrogens (tertiary/aromatic N) is 1. The molecule has 3 saturated heterocycles. The normalized spacial score (nSPS) is 46.9. The highest BCUT2D eigenvalue weighted by atomic mass is 16.7. The summed E-state index contributed by atoms with van der Waals surface area (Å²) < 4.78 is 43.6. The molecule has 0 saturated carbocycles. The van der Waals surface area contributed by atoms with E-state index in [0.29, 0.717) is 6.42 Å². The molecule has 320 valence electrons. The monoisotopic (exact) mass is 789 g/mol. The molecule has 3 aliphatic heterocycles. The summed E-state index contributed by atoms with van der Waals surface area (Å²) in [5.74, 6) is -5.59. The van der Waals surface area contributed by atoms with E-state index in [-0.39, 0.29) is 37.8 Å². The highest BCUT2D eigenvalue weighted by Gasteiger charge is 2.54. The van der Waals surface area contributed by atoms with E-state index in [4.69, 9.17) is 33.2 Å². The van der Waals surface area contributed by atoms with Gasteiger partial charge in [-0.1, -0.05) is 34.6 Å². The van der Waals surface area contributed by atoms with E-state index >= 15 is 0 Å². The molecule has 0 amide bonds. The quantitative estimate of drug-likeness (QED) is 0.249. The fourth-order valence-corrected chi connectivity index (χ4v) is 8.76. The Morgan fingerprint density at radius 3 is 2.05 bits per heavy atom. The second kappa shape index (κ2) is 18.9. The van der Waals surface area contributed by atoms with Crippen LogP contribution in [0.4, 0.5) is 0 Å². The number of cyclic esters (lactones) is 1. The molecule has 18 atom stereocenters. The van der Waals surface area contributed by atoms with E-state index in [1.807, 2.05) is 25.9 Å². The van der Waals surface area contributed by atoms with Crippen molar-refractivity contribution in [3.63, 3.8) is 0 Å².